The van der Waals surface area contributed by atoms with E-state index in [2.05, 4.69) is 75.3 Å². The summed E-state index contributed by atoms with van der Waals surface area (Å²) < 4.78 is 13.1. The number of likely N-dealkylation sites (N-methyl/N-ethyl adjacent to an activating group) is 1. The zero-order valence-electron chi connectivity index (χ0n) is 23.6. The zero-order chi connectivity index (χ0) is 27.6. The van der Waals surface area contributed by atoms with Crippen LogP contribution in [0.5, 0.6) is 11.5 Å². The molecule has 0 atom stereocenters. The summed E-state index contributed by atoms with van der Waals surface area (Å²) in [5.74, 6) is 0.600. The van der Waals surface area contributed by atoms with Crippen LogP contribution in [-0.2, 0) is 20.4 Å². The Bertz CT molecular complexity index is 1440. The number of carbonyl (C=O) groups is 2. The maximum atomic E-state index is 13.5. The predicted octanol–water partition coefficient (Wildman–Crippen LogP) is 5.50. The van der Waals surface area contributed by atoms with Gasteiger partial charge in [0.2, 0.25) is 5.69 Å². The van der Waals surface area contributed by atoms with E-state index in [9.17, 15) is 9.59 Å². The van der Waals surface area contributed by atoms with Crippen molar-refractivity contribution in [3.63, 3.8) is 0 Å². The van der Waals surface area contributed by atoms with Crippen LogP contribution in [0.2, 0.25) is 0 Å². The number of methoxy groups -OCH3 is 2. The van der Waals surface area contributed by atoms with Gasteiger partial charge >= 0.3 is 0 Å². The fraction of sp³-hybridized carbons (Fsp3) is 0.406. The SMILES string of the molecule is CCN1C(=CC2C(=O)C(=CC3=[N+](CC)c4ccc(OC)cc4C3(C)C)C2=O)C(C)(C)c2cc(OC)ccc21. The quantitative estimate of drug-likeness (QED) is 0.221. The van der Waals surface area contributed by atoms with E-state index in [-0.39, 0.29) is 28.0 Å². The van der Waals surface area contributed by atoms with Crippen LogP contribution in [0.1, 0.15) is 52.7 Å². The van der Waals surface area contributed by atoms with Crippen LogP contribution in [0.15, 0.2) is 59.8 Å². The maximum absolute atomic E-state index is 13.5. The van der Waals surface area contributed by atoms with E-state index in [0.29, 0.717) is 0 Å². The summed E-state index contributed by atoms with van der Waals surface area (Å²) in [7, 11) is 3.32. The van der Waals surface area contributed by atoms with Crippen LogP contribution in [0.25, 0.3) is 0 Å². The molecule has 38 heavy (non-hydrogen) atoms. The molecule has 2 aliphatic heterocycles. The first-order chi connectivity index (χ1) is 18.0. The van der Waals surface area contributed by atoms with E-state index in [1.165, 1.54) is 0 Å². The van der Waals surface area contributed by atoms with Gasteiger partial charge in [-0.15, -0.1) is 0 Å². The minimum atomic E-state index is -0.761. The first kappa shape index (κ1) is 26.0. The number of anilines is 1. The van der Waals surface area contributed by atoms with Crippen molar-refractivity contribution in [1.29, 1.82) is 0 Å². The van der Waals surface area contributed by atoms with Crippen LogP contribution >= 0.6 is 0 Å². The Morgan fingerprint density at radius 2 is 1.50 bits per heavy atom. The van der Waals surface area contributed by atoms with Crippen LogP contribution in [0.3, 0.4) is 0 Å². The lowest BCUT2D eigenvalue weighted by Crippen LogP contribution is -2.42. The average molecular weight is 514 g/mol. The number of Topliss-reactive ketones (excluding diaryl/α,β-unsaturated/α-hetero) is 2. The summed E-state index contributed by atoms with van der Waals surface area (Å²) in [6.07, 6.45) is 3.71. The van der Waals surface area contributed by atoms with Crippen molar-refractivity contribution in [2.45, 2.75) is 52.4 Å². The Labute approximate surface area is 225 Å². The Hall–Kier alpha value is -3.67. The van der Waals surface area contributed by atoms with Crippen molar-refractivity contribution in [2.75, 3.05) is 32.2 Å². The normalized spacial score (nSPS) is 22.0. The summed E-state index contributed by atoms with van der Waals surface area (Å²) in [5, 5.41) is 0. The first-order valence-electron chi connectivity index (χ1n) is 13.3. The highest BCUT2D eigenvalue weighted by Crippen LogP contribution is 2.50. The van der Waals surface area contributed by atoms with E-state index < -0.39 is 5.92 Å². The topological polar surface area (TPSA) is 58.8 Å². The molecule has 2 aromatic rings. The minimum absolute atomic E-state index is 0.115. The van der Waals surface area contributed by atoms with E-state index in [1.54, 1.807) is 14.2 Å². The number of ketones is 2. The number of benzene rings is 2. The molecule has 0 unspecified atom stereocenters. The van der Waals surface area contributed by atoms with Crippen LogP contribution < -0.4 is 14.4 Å². The molecule has 1 saturated carbocycles. The molecule has 198 valence electrons. The molecule has 1 aliphatic carbocycles. The lowest BCUT2D eigenvalue weighted by molar-refractivity contribution is -0.433. The number of ether oxygens (including phenoxy) is 2. The van der Waals surface area contributed by atoms with E-state index >= 15 is 0 Å². The lowest BCUT2D eigenvalue weighted by atomic mass is 9.72. The van der Waals surface area contributed by atoms with Gasteiger partial charge in [0.1, 0.15) is 24.0 Å². The van der Waals surface area contributed by atoms with Gasteiger partial charge in [0, 0.05) is 41.1 Å². The van der Waals surface area contributed by atoms with Gasteiger partial charge in [-0.2, -0.15) is 4.58 Å². The number of fused-ring (bicyclic) bond motifs is 2. The molecule has 3 aliphatic rings. The monoisotopic (exact) mass is 513 g/mol. The standard InChI is InChI=1S/C32H37N2O4/c1-9-33-25-13-11-19(37-7)15-23(25)31(3,4)27(33)17-21-29(35)22(30(21)36)18-28-32(5,6)24-16-20(38-8)12-14-26(24)34(28)10-2/h11-18,21H,9-10H2,1-8H3/q+1. The Morgan fingerprint density at radius 1 is 0.895 bits per heavy atom. The van der Waals surface area contributed by atoms with Crippen molar-refractivity contribution < 1.29 is 23.6 Å². The second-order valence-electron chi connectivity index (χ2n) is 11.2. The van der Waals surface area contributed by atoms with Gasteiger partial charge in [0.05, 0.1) is 25.2 Å². The van der Waals surface area contributed by atoms with Gasteiger partial charge in [-0.25, -0.2) is 0 Å². The fourth-order valence-corrected chi connectivity index (χ4v) is 6.29. The molecular weight excluding hydrogens is 476 g/mol. The number of nitrogens with zero attached hydrogens (tertiary/aromatic N) is 2. The molecule has 0 bridgehead atoms. The molecule has 2 aromatic carbocycles. The molecule has 0 spiro atoms. The van der Waals surface area contributed by atoms with Gasteiger partial charge in [-0.1, -0.05) is 13.8 Å². The molecule has 2 heterocycles. The number of rotatable bonds is 6. The van der Waals surface area contributed by atoms with Crippen LogP contribution in [0.4, 0.5) is 11.4 Å². The van der Waals surface area contributed by atoms with Crippen molar-refractivity contribution in [3.05, 3.63) is 70.9 Å². The van der Waals surface area contributed by atoms with Gasteiger partial charge < -0.3 is 14.4 Å². The average Bonchev–Trinajstić information content (AvgIpc) is 3.26. The highest BCUT2D eigenvalue weighted by molar-refractivity contribution is 6.41. The molecule has 0 radical (unpaired) electrons. The highest BCUT2D eigenvalue weighted by Gasteiger charge is 2.50. The maximum Gasteiger partial charge on any atom is 0.210 e. The summed E-state index contributed by atoms with van der Waals surface area (Å²) in [4.78, 5) is 29.2. The molecule has 6 heteroatoms. The molecule has 0 N–H and O–H groups in total. The van der Waals surface area contributed by atoms with E-state index in [4.69, 9.17) is 9.47 Å². The van der Waals surface area contributed by atoms with E-state index in [1.807, 2.05) is 24.3 Å². The van der Waals surface area contributed by atoms with Crippen molar-refractivity contribution in [3.8, 4) is 11.5 Å². The Kier molecular flexibility index (Phi) is 6.13. The third kappa shape index (κ3) is 3.57. The number of allylic oxidation sites excluding steroid dienone is 4. The summed E-state index contributed by atoms with van der Waals surface area (Å²) in [5.41, 5.74) is 5.94. The summed E-state index contributed by atoms with van der Waals surface area (Å²) >= 11 is 0. The lowest BCUT2D eigenvalue weighted by Gasteiger charge is -2.30. The highest BCUT2D eigenvalue weighted by atomic mass is 16.5. The second kappa shape index (κ2) is 8.97. The molecule has 0 aromatic heterocycles. The van der Waals surface area contributed by atoms with Gasteiger partial charge in [0.15, 0.2) is 17.3 Å². The molecule has 5 rings (SSSR count). The molecule has 0 amide bonds. The minimum Gasteiger partial charge on any atom is -0.497 e. The molecule has 6 nitrogen and oxygen atoms in total. The van der Waals surface area contributed by atoms with Crippen molar-refractivity contribution >= 4 is 28.7 Å². The number of carbonyl (C=O) groups excluding carboxylic acids is 2. The second-order valence-corrected chi connectivity index (χ2v) is 11.2. The first-order valence-corrected chi connectivity index (χ1v) is 13.3. The number of hydrogen-bond acceptors (Lipinski definition) is 5. The Morgan fingerprint density at radius 3 is 2.08 bits per heavy atom. The fourth-order valence-electron chi connectivity index (χ4n) is 6.29. The largest absolute Gasteiger partial charge is 0.497 e. The smallest absolute Gasteiger partial charge is 0.210 e. The Balaban J connectivity index is 1.50. The third-order valence-electron chi connectivity index (χ3n) is 8.53. The third-order valence-corrected chi connectivity index (χ3v) is 8.53. The van der Waals surface area contributed by atoms with Gasteiger partial charge in [0.25, 0.3) is 0 Å². The van der Waals surface area contributed by atoms with Crippen LogP contribution in [0, 0.1) is 5.92 Å². The van der Waals surface area contributed by atoms with E-state index in [0.717, 1.165) is 58.5 Å². The molecule has 0 saturated heterocycles. The van der Waals surface area contributed by atoms with Gasteiger partial charge in [-0.05, 0) is 69.7 Å². The molecule has 1 fully saturated rings. The number of hydrogen-bond donors (Lipinski definition) is 0. The van der Waals surface area contributed by atoms with Crippen molar-refractivity contribution in [2.24, 2.45) is 5.92 Å². The van der Waals surface area contributed by atoms with Crippen molar-refractivity contribution in [1.82, 2.24) is 0 Å². The molecular formula is C32H37N2O4+. The zero-order valence-corrected chi connectivity index (χ0v) is 23.6. The van der Waals surface area contributed by atoms with Gasteiger partial charge in [-0.3, -0.25) is 9.59 Å². The summed E-state index contributed by atoms with van der Waals surface area (Å²) in [6.45, 7) is 14.2. The predicted molar refractivity (Wildman–Crippen MR) is 150 cm³/mol. The summed E-state index contributed by atoms with van der Waals surface area (Å²) in [6, 6.07) is 12.1. The van der Waals surface area contributed by atoms with Crippen LogP contribution in [-0.4, -0.2) is 49.2 Å².